The molecule has 24 heavy (non-hydrogen) atoms. The van der Waals surface area contributed by atoms with Crippen molar-refractivity contribution in [2.75, 3.05) is 19.6 Å². The Morgan fingerprint density at radius 2 is 1.67 bits per heavy atom. The van der Waals surface area contributed by atoms with Crippen molar-refractivity contribution >= 4 is 0 Å². The average molecular weight is 327 g/mol. The molecule has 0 amide bonds. The smallest absolute Gasteiger partial charge is 0.123 e. The number of halogens is 1. The fourth-order valence-electron chi connectivity index (χ4n) is 3.39. The lowest BCUT2D eigenvalue weighted by molar-refractivity contribution is -0.0657. The summed E-state index contributed by atoms with van der Waals surface area (Å²) in [6.07, 6.45) is 6.42. The van der Waals surface area contributed by atoms with Crippen LogP contribution in [0.5, 0.6) is 0 Å². The maximum atomic E-state index is 13.3. The van der Waals surface area contributed by atoms with Crippen LogP contribution in [0, 0.1) is 12.2 Å². The molecule has 4 heteroatoms. The Kier molecular flexibility index (Phi) is 5.59. The first-order valence-electron chi connectivity index (χ1n) is 8.48. The van der Waals surface area contributed by atoms with E-state index in [1.165, 1.54) is 17.7 Å². The SMILES string of the molecule is CC1CN(C[CH]C(c2ccncc2)c2ccc(F)cc2)CC(C)O1. The van der Waals surface area contributed by atoms with Crippen molar-refractivity contribution in [2.45, 2.75) is 32.0 Å². The molecule has 1 radical (unpaired) electrons. The molecular weight excluding hydrogens is 303 g/mol. The predicted molar refractivity (Wildman–Crippen MR) is 93.2 cm³/mol. The third kappa shape index (κ3) is 4.40. The Hall–Kier alpha value is -1.78. The topological polar surface area (TPSA) is 25.4 Å². The molecule has 2 aromatic rings. The molecule has 3 atom stereocenters. The summed E-state index contributed by atoms with van der Waals surface area (Å²) in [5.74, 6) is -0.0786. The van der Waals surface area contributed by atoms with Crippen LogP contribution >= 0.6 is 0 Å². The van der Waals surface area contributed by atoms with E-state index in [-0.39, 0.29) is 23.9 Å². The van der Waals surface area contributed by atoms with Gasteiger partial charge in [-0.15, -0.1) is 0 Å². The van der Waals surface area contributed by atoms with E-state index in [1.54, 1.807) is 12.4 Å². The van der Waals surface area contributed by atoms with Crippen molar-refractivity contribution in [3.63, 3.8) is 0 Å². The van der Waals surface area contributed by atoms with Crippen LogP contribution in [0.3, 0.4) is 0 Å². The molecule has 0 spiro atoms. The number of nitrogens with zero attached hydrogens (tertiary/aromatic N) is 2. The van der Waals surface area contributed by atoms with E-state index in [4.69, 9.17) is 4.74 Å². The van der Waals surface area contributed by atoms with E-state index in [2.05, 4.69) is 30.2 Å². The minimum Gasteiger partial charge on any atom is -0.373 e. The highest BCUT2D eigenvalue weighted by atomic mass is 19.1. The lowest BCUT2D eigenvalue weighted by Crippen LogP contribution is -2.46. The molecule has 1 saturated heterocycles. The first-order chi connectivity index (χ1) is 11.6. The van der Waals surface area contributed by atoms with Gasteiger partial charge in [-0.25, -0.2) is 4.39 Å². The van der Waals surface area contributed by atoms with Gasteiger partial charge in [0, 0.05) is 37.9 Å². The van der Waals surface area contributed by atoms with E-state index >= 15 is 0 Å². The minimum atomic E-state index is -0.206. The molecule has 3 unspecified atom stereocenters. The van der Waals surface area contributed by atoms with Gasteiger partial charge < -0.3 is 4.74 Å². The van der Waals surface area contributed by atoms with Crippen LogP contribution in [0.25, 0.3) is 0 Å². The zero-order chi connectivity index (χ0) is 16.9. The average Bonchev–Trinajstić information content (AvgIpc) is 2.57. The summed E-state index contributed by atoms with van der Waals surface area (Å²) in [5.41, 5.74) is 2.27. The quantitative estimate of drug-likeness (QED) is 0.838. The summed E-state index contributed by atoms with van der Waals surface area (Å²) in [4.78, 5) is 6.52. The molecule has 0 bridgehead atoms. The molecule has 1 fully saturated rings. The van der Waals surface area contributed by atoms with Crippen molar-refractivity contribution in [1.29, 1.82) is 0 Å². The molecule has 0 saturated carbocycles. The largest absolute Gasteiger partial charge is 0.373 e. The molecule has 2 heterocycles. The number of benzene rings is 1. The fourth-order valence-corrected chi connectivity index (χ4v) is 3.39. The summed E-state index contributed by atoms with van der Waals surface area (Å²) < 4.78 is 19.1. The van der Waals surface area contributed by atoms with Gasteiger partial charge >= 0.3 is 0 Å². The number of aromatic nitrogens is 1. The standard InChI is InChI=1S/C20H24FN2O/c1-15-13-23(14-16(2)24-15)12-9-20(18-7-10-22-11-8-18)17-3-5-19(21)6-4-17/h3-11,15-16,20H,12-14H2,1-2H3. The molecule has 1 aliphatic heterocycles. The highest BCUT2D eigenvalue weighted by Gasteiger charge is 2.23. The van der Waals surface area contributed by atoms with Crippen molar-refractivity contribution < 1.29 is 9.13 Å². The number of hydrogen-bond donors (Lipinski definition) is 0. The molecule has 0 N–H and O–H groups in total. The predicted octanol–water partition coefficient (Wildman–Crippen LogP) is 3.67. The van der Waals surface area contributed by atoms with Gasteiger partial charge in [0.15, 0.2) is 0 Å². The second kappa shape index (κ2) is 7.86. The van der Waals surface area contributed by atoms with Crippen LogP contribution in [0.15, 0.2) is 48.8 Å². The molecular formula is C20H24FN2O. The van der Waals surface area contributed by atoms with Crippen LogP contribution in [0.1, 0.15) is 30.9 Å². The number of pyridine rings is 1. The van der Waals surface area contributed by atoms with Gasteiger partial charge in [0.1, 0.15) is 5.82 Å². The third-order valence-electron chi connectivity index (χ3n) is 4.39. The Morgan fingerprint density at radius 1 is 1.08 bits per heavy atom. The first kappa shape index (κ1) is 17.1. The fraction of sp³-hybridized carbons (Fsp3) is 0.400. The summed E-state index contributed by atoms with van der Waals surface area (Å²) in [7, 11) is 0. The lowest BCUT2D eigenvalue weighted by Gasteiger charge is -2.36. The van der Waals surface area contributed by atoms with Crippen molar-refractivity contribution in [3.05, 3.63) is 72.2 Å². The van der Waals surface area contributed by atoms with Gasteiger partial charge in [-0.2, -0.15) is 0 Å². The molecule has 1 aliphatic rings. The lowest BCUT2D eigenvalue weighted by atomic mass is 9.89. The summed E-state index contributed by atoms with van der Waals surface area (Å²) in [6, 6.07) is 10.8. The Labute approximate surface area is 143 Å². The molecule has 127 valence electrons. The minimum absolute atomic E-state index is 0.127. The molecule has 3 nitrogen and oxygen atoms in total. The van der Waals surface area contributed by atoms with Crippen LogP contribution in [-0.4, -0.2) is 41.7 Å². The van der Waals surface area contributed by atoms with Gasteiger partial charge in [0.2, 0.25) is 0 Å². The van der Waals surface area contributed by atoms with Crippen LogP contribution in [-0.2, 0) is 4.74 Å². The molecule has 0 aliphatic carbocycles. The highest BCUT2D eigenvalue weighted by Crippen LogP contribution is 2.28. The molecule has 1 aromatic heterocycles. The Morgan fingerprint density at radius 3 is 2.29 bits per heavy atom. The van der Waals surface area contributed by atoms with Gasteiger partial charge in [-0.05, 0) is 55.7 Å². The first-order valence-corrected chi connectivity index (χ1v) is 8.48. The zero-order valence-electron chi connectivity index (χ0n) is 14.2. The number of morpholine rings is 1. The monoisotopic (exact) mass is 327 g/mol. The van der Waals surface area contributed by atoms with Crippen LogP contribution in [0.2, 0.25) is 0 Å². The second-order valence-electron chi connectivity index (χ2n) is 6.52. The maximum Gasteiger partial charge on any atom is 0.123 e. The van der Waals surface area contributed by atoms with Crippen LogP contribution in [0.4, 0.5) is 4.39 Å². The third-order valence-corrected chi connectivity index (χ3v) is 4.39. The summed E-state index contributed by atoms with van der Waals surface area (Å²) in [6.45, 7) is 6.98. The van der Waals surface area contributed by atoms with Crippen molar-refractivity contribution in [3.8, 4) is 0 Å². The Bertz CT molecular complexity index is 622. The summed E-state index contributed by atoms with van der Waals surface area (Å²) in [5, 5.41) is 0. The van der Waals surface area contributed by atoms with Gasteiger partial charge in [0.05, 0.1) is 12.2 Å². The normalized spacial score (nSPS) is 23.1. The van der Waals surface area contributed by atoms with E-state index in [0.717, 1.165) is 25.2 Å². The Balaban J connectivity index is 1.74. The number of rotatable bonds is 5. The van der Waals surface area contributed by atoms with E-state index < -0.39 is 0 Å². The van der Waals surface area contributed by atoms with Crippen LogP contribution < -0.4 is 0 Å². The molecule has 1 aromatic carbocycles. The number of ether oxygens (including phenoxy) is 1. The van der Waals surface area contributed by atoms with Gasteiger partial charge in [-0.3, -0.25) is 9.88 Å². The number of hydrogen-bond acceptors (Lipinski definition) is 3. The van der Waals surface area contributed by atoms with Crippen molar-refractivity contribution in [2.24, 2.45) is 0 Å². The van der Waals surface area contributed by atoms with Gasteiger partial charge in [-0.1, -0.05) is 12.1 Å². The summed E-state index contributed by atoms with van der Waals surface area (Å²) >= 11 is 0. The van der Waals surface area contributed by atoms with E-state index in [9.17, 15) is 4.39 Å². The van der Waals surface area contributed by atoms with E-state index in [0.29, 0.717) is 0 Å². The van der Waals surface area contributed by atoms with Crippen molar-refractivity contribution in [1.82, 2.24) is 9.88 Å². The molecule has 3 rings (SSSR count). The zero-order valence-corrected chi connectivity index (χ0v) is 14.2. The maximum absolute atomic E-state index is 13.3. The second-order valence-corrected chi connectivity index (χ2v) is 6.52. The van der Waals surface area contributed by atoms with E-state index in [1.807, 2.05) is 24.3 Å². The van der Waals surface area contributed by atoms with Gasteiger partial charge in [0.25, 0.3) is 0 Å². The highest BCUT2D eigenvalue weighted by molar-refractivity contribution is 5.34.